The molecular weight excluding hydrogens is 218 g/mol. The van der Waals surface area contributed by atoms with Gasteiger partial charge in [0.25, 0.3) is 0 Å². The predicted octanol–water partition coefficient (Wildman–Crippen LogP) is 0.952. The van der Waals surface area contributed by atoms with Crippen molar-refractivity contribution in [3.05, 3.63) is 17.5 Å². The van der Waals surface area contributed by atoms with Crippen LogP contribution in [0.4, 0.5) is 0 Å². The quantitative estimate of drug-likeness (QED) is 0.802. The van der Waals surface area contributed by atoms with Crippen LogP contribution in [0, 0.1) is 6.92 Å². The molecule has 17 heavy (non-hydrogen) atoms. The SMILES string of the molecule is Cc1nn(C)cc1C1(C(=O)O)CCC(N)CC1. The molecule has 94 valence electrons. The van der Waals surface area contributed by atoms with E-state index in [4.69, 9.17) is 5.73 Å². The molecular formula is C12H19N3O2. The fourth-order valence-corrected chi connectivity index (χ4v) is 2.80. The fraction of sp³-hybridized carbons (Fsp3) is 0.667. The summed E-state index contributed by atoms with van der Waals surface area (Å²) >= 11 is 0. The van der Waals surface area contributed by atoms with E-state index in [1.54, 1.807) is 4.68 Å². The van der Waals surface area contributed by atoms with Gasteiger partial charge < -0.3 is 10.8 Å². The molecule has 0 unspecified atom stereocenters. The van der Waals surface area contributed by atoms with Gasteiger partial charge in [0.15, 0.2) is 0 Å². The highest BCUT2D eigenvalue weighted by molar-refractivity contribution is 5.81. The molecule has 1 saturated carbocycles. The first-order chi connectivity index (χ1) is 7.95. The van der Waals surface area contributed by atoms with E-state index < -0.39 is 11.4 Å². The van der Waals surface area contributed by atoms with Crippen LogP contribution in [-0.4, -0.2) is 26.9 Å². The first-order valence-electron chi connectivity index (χ1n) is 5.95. The minimum absolute atomic E-state index is 0.138. The number of aromatic nitrogens is 2. The minimum Gasteiger partial charge on any atom is -0.481 e. The number of hydrogen-bond donors (Lipinski definition) is 2. The lowest BCUT2D eigenvalue weighted by atomic mass is 9.68. The molecule has 1 aliphatic rings. The number of carbonyl (C=O) groups is 1. The summed E-state index contributed by atoms with van der Waals surface area (Å²) in [7, 11) is 1.82. The van der Waals surface area contributed by atoms with Crippen LogP contribution >= 0.6 is 0 Å². The molecule has 0 aliphatic heterocycles. The number of carboxylic acids is 1. The summed E-state index contributed by atoms with van der Waals surface area (Å²) in [5, 5.41) is 13.8. The van der Waals surface area contributed by atoms with E-state index in [0.717, 1.165) is 24.1 Å². The highest BCUT2D eigenvalue weighted by atomic mass is 16.4. The molecule has 5 nitrogen and oxygen atoms in total. The van der Waals surface area contributed by atoms with Gasteiger partial charge in [-0.2, -0.15) is 5.10 Å². The highest BCUT2D eigenvalue weighted by Gasteiger charge is 2.44. The zero-order chi connectivity index (χ0) is 12.6. The standard InChI is InChI=1S/C12H19N3O2/c1-8-10(7-15(2)14-8)12(11(16)17)5-3-9(13)4-6-12/h7,9H,3-6,13H2,1-2H3,(H,16,17). The summed E-state index contributed by atoms with van der Waals surface area (Å²) in [5.41, 5.74) is 6.74. The molecule has 1 aromatic heterocycles. The molecule has 1 fully saturated rings. The largest absolute Gasteiger partial charge is 0.481 e. The number of carboxylic acid groups (broad SMARTS) is 1. The van der Waals surface area contributed by atoms with Crippen LogP contribution in [-0.2, 0) is 17.3 Å². The van der Waals surface area contributed by atoms with Crippen LogP contribution in [0.3, 0.4) is 0 Å². The van der Waals surface area contributed by atoms with Crippen molar-refractivity contribution in [3.63, 3.8) is 0 Å². The number of nitrogens with zero attached hydrogens (tertiary/aromatic N) is 2. The second kappa shape index (κ2) is 4.14. The van der Waals surface area contributed by atoms with Crippen LogP contribution in [0.25, 0.3) is 0 Å². The van der Waals surface area contributed by atoms with E-state index in [0.29, 0.717) is 12.8 Å². The van der Waals surface area contributed by atoms with Gasteiger partial charge in [0.2, 0.25) is 0 Å². The number of aliphatic carboxylic acids is 1. The highest BCUT2D eigenvalue weighted by Crippen LogP contribution is 2.40. The van der Waals surface area contributed by atoms with E-state index in [9.17, 15) is 9.90 Å². The van der Waals surface area contributed by atoms with Gasteiger partial charge in [0.05, 0.1) is 11.1 Å². The molecule has 1 aliphatic carbocycles. The normalized spacial score (nSPS) is 29.2. The Morgan fingerprint density at radius 1 is 1.59 bits per heavy atom. The second-order valence-electron chi connectivity index (χ2n) is 5.03. The molecule has 3 N–H and O–H groups in total. The Morgan fingerprint density at radius 2 is 2.18 bits per heavy atom. The van der Waals surface area contributed by atoms with Gasteiger partial charge in [-0.25, -0.2) is 0 Å². The zero-order valence-electron chi connectivity index (χ0n) is 10.3. The monoisotopic (exact) mass is 237 g/mol. The molecule has 0 radical (unpaired) electrons. The fourth-order valence-electron chi connectivity index (χ4n) is 2.80. The van der Waals surface area contributed by atoms with Crippen LogP contribution in [0.5, 0.6) is 0 Å². The Kier molecular flexibility index (Phi) is 2.95. The molecule has 2 rings (SSSR count). The van der Waals surface area contributed by atoms with E-state index in [1.165, 1.54) is 0 Å². The third-order valence-corrected chi connectivity index (χ3v) is 3.82. The molecule has 5 heteroatoms. The summed E-state index contributed by atoms with van der Waals surface area (Å²) in [6.45, 7) is 1.87. The predicted molar refractivity (Wildman–Crippen MR) is 63.7 cm³/mol. The number of hydrogen-bond acceptors (Lipinski definition) is 3. The van der Waals surface area contributed by atoms with E-state index in [1.807, 2.05) is 20.2 Å². The maximum Gasteiger partial charge on any atom is 0.314 e. The lowest BCUT2D eigenvalue weighted by Crippen LogP contribution is -2.43. The van der Waals surface area contributed by atoms with Crippen molar-refractivity contribution < 1.29 is 9.90 Å². The molecule has 0 saturated heterocycles. The Bertz CT molecular complexity index is 431. The summed E-state index contributed by atoms with van der Waals surface area (Å²) in [6, 6.07) is 0.138. The van der Waals surface area contributed by atoms with Crippen molar-refractivity contribution in [2.75, 3.05) is 0 Å². The molecule has 0 aromatic carbocycles. The van der Waals surface area contributed by atoms with Crippen LogP contribution in [0.15, 0.2) is 6.20 Å². The molecule has 1 aromatic rings. The first-order valence-corrected chi connectivity index (χ1v) is 5.95. The molecule has 0 atom stereocenters. The van der Waals surface area contributed by atoms with Gasteiger partial charge in [-0.05, 0) is 32.6 Å². The van der Waals surface area contributed by atoms with Crippen LogP contribution < -0.4 is 5.73 Å². The first kappa shape index (κ1) is 12.1. The van der Waals surface area contributed by atoms with Crippen molar-refractivity contribution in [3.8, 4) is 0 Å². The van der Waals surface area contributed by atoms with Crippen molar-refractivity contribution in [1.29, 1.82) is 0 Å². The van der Waals surface area contributed by atoms with Gasteiger partial charge >= 0.3 is 5.97 Å². The Balaban J connectivity index is 2.42. The maximum absolute atomic E-state index is 11.7. The van der Waals surface area contributed by atoms with Gasteiger partial charge in [0, 0.05) is 24.8 Å². The van der Waals surface area contributed by atoms with Gasteiger partial charge in [0.1, 0.15) is 0 Å². The molecule has 0 bridgehead atoms. The van der Waals surface area contributed by atoms with E-state index in [-0.39, 0.29) is 6.04 Å². The average molecular weight is 237 g/mol. The summed E-state index contributed by atoms with van der Waals surface area (Å²) in [6.07, 6.45) is 4.58. The van der Waals surface area contributed by atoms with Crippen molar-refractivity contribution in [1.82, 2.24) is 9.78 Å². The van der Waals surface area contributed by atoms with Crippen LogP contribution in [0.2, 0.25) is 0 Å². The minimum atomic E-state index is -0.784. The van der Waals surface area contributed by atoms with Crippen molar-refractivity contribution in [2.45, 2.75) is 44.1 Å². The average Bonchev–Trinajstić information content (AvgIpc) is 2.59. The lowest BCUT2D eigenvalue weighted by molar-refractivity contribution is -0.145. The van der Waals surface area contributed by atoms with Crippen molar-refractivity contribution in [2.24, 2.45) is 12.8 Å². The summed E-state index contributed by atoms with van der Waals surface area (Å²) in [4.78, 5) is 11.7. The molecule has 0 spiro atoms. The number of aryl methyl sites for hydroxylation is 2. The van der Waals surface area contributed by atoms with Gasteiger partial charge in [-0.15, -0.1) is 0 Å². The molecule has 0 amide bonds. The van der Waals surface area contributed by atoms with E-state index >= 15 is 0 Å². The number of rotatable bonds is 2. The Hall–Kier alpha value is -1.36. The van der Waals surface area contributed by atoms with Gasteiger partial charge in [-0.3, -0.25) is 9.48 Å². The smallest absolute Gasteiger partial charge is 0.314 e. The Morgan fingerprint density at radius 3 is 2.59 bits per heavy atom. The number of nitrogens with two attached hydrogens (primary N) is 1. The summed E-state index contributed by atoms with van der Waals surface area (Å²) in [5.74, 6) is -0.750. The summed E-state index contributed by atoms with van der Waals surface area (Å²) < 4.78 is 1.68. The van der Waals surface area contributed by atoms with E-state index in [2.05, 4.69) is 5.10 Å². The molecule has 1 heterocycles. The maximum atomic E-state index is 11.7. The lowest BCUT2D eigenvalue weighted by Gasteiger charge is -2.35. The third-order valence-electron chi connectivity index (χ3n) is 3.82. The topological polar surface area (TPSA) is 81.1 Å². The third kappa shape index (κ3) is 1.95. The second-order valence-corrected chi connectivity index (χ2v) is 5.03. The van der Waals surface area contributed by atoms with Gasteiger partial charge in [-0.1, -0.05) is 0 Å². The Labute approximate surface area is 101 Å². The van der Waals surface area contributed by atoms with Crippen LogP contribution in [0.1, 0.15) is 36.9 Å². The van der Waals surface area contributed by atoms with Crippen molar-refractivity contribution >= 4 is 5.97 Å². The zero-order valence-corrected chi connectivity index (χ0v) is 10.3.